The van der Waals surface area contributed by atoms with E-state index in [0.717, 1.165) is 35.4 Å². The first-order chi connectivity index (χ1) is 11.6. The molecule has 1 aromatic rings. The molecule has 1 unspecified atom stereocenters. The number of carbonyl (C=O) groups is 2. The Morgan fingerprint density at radius 2 is 2.12 bits per heavy atom. The fourth-order valence-corrected chi connectivity index (χ4v) is 3.95. The molecule has 24 heavy (non-hydrogen) atoms. The molecule has 0 radical (unpaired) electrons. The van der Waals surface area contributed by atoms with Crippen LogP contribution in [0, 0.1) is 5.92 Å². The van der Waals surface area contributed by atoms with E-state index in [1.165, 1.54) is 5.56 Å². The topological polar surface area (TPSA) is 87.8 Å². The lowest BCUT2D eigenvalue weighted by Crippen LogP contribution is -2.48. The molecule has 0 spiro atoms. The molecule has 0 aromatic heterocycles. The molecule has 4 rings (SSSR count). The van der Waals surface area contributed by atoms with Crippen LogP contribution < -0.4 is 16.1 Å². The third-order valence-corrected chi connectivity index (χ3v) is 5.25. The van der Waals surface area contributed by atoms with Crippen molar-refractivity contribution in [1.82, 2.24) is 5.43 Å². The van der Waals surface area contributed by atoms with Gasteiger partial charge in [0.1, 0.15) is 11.7 Å². The molecule has 6 heteroatoms. The number of hydrogen-bond acceptors (Lipinski definition) is 5. The van der Waals surface area contributed by atoms with Gasteiger partial charge in [0.15, 0.2) is 0 Å². The van der Waals surface area contributed by atoms with E-state index in [1.807, 2.05) is 17.9 Å². The van der Waals surface area contributed by atoms with Crippen LogP contribution in [0.25, 0.3) is 0 Å². The lowest BCUT2D eigenvalue weighted by atomic mass is 9.81. The Morgan fingerprint density at radius 1 is 1.29 bits per heavy atom. The van der Waals surface area contributed by atoms with Crippen molar-refractivity contribution in [3.63, 3.8) is 0 Å². The van der Waals surface area contributed by atoms with Gasteiger partial charge in [-0.15, -0.1) is 0 Å². The zero-order valence-electron chi connectivity index (χ0n) is 13.8. The Labute approximate surface area is 141 Å². The van der Waals surface area contributed by atoms with Crippen molar-refractivity contribution in [3.8, 4) is 0 Å². The van der Waals surface area contributed by atoms with Crippen LogP contribution in [-0.4, -0.2) is 36.5 Å². The minimum absolute atomic E-state index is 0.00126. The van der Waals surface area contributed by atoms with Crippen molar-refractivity contribution in [2.45, 2.75) is 38.6 Å². The summed E-state index contributed by atoms with van der Waals surface area (Å²) >= 11 is 0. The van der Waals surface area contributed by atoms with E-state index in [9.17, 15) is 9.59 Å². The monoisotopic (exact) mass is 326 g/mol. The Morgan fingerprint density at radius 3 is 2.92 bits per heavy atom. The minimum atomic E-state index is -0.237. The van der Waals surface area contributed by atoms with Crippen LogP contribution in [0.1, 0.15) is 36.5 Å². The maximum Gasteiger partial charge on any atom is 0.238 e. The van der Waals surface area contributed by atoms with E-state index in [2.05, 4.69) is 16.6 Å². The number of Topliss-reactive ketones (excluding diaryl/α,β-unsaturated/α-hetero) is 1. The summed E-state index contributed by atoms with van der Waals surface area (Å²) in [7, 11) is 0. The first-order valence-electron chi connectivity index (χ1n) is 8.62. The van der Waals surface area contributed by atoms with Crippen LogP contribution in [0.15, 0.2) is 17.2 Å². The predicted octanol–water partition coefficient (Wildman–Crippen LogP) is 0.752. The first-order valence-corrected chi connectivity index (χ1v) is 8.62. The molecule has 0 bridgehead atoms. The number of carbonyl (C=O) groups excluding carboxylic acids is 2. The summed E-state index contributed by atoms with van der Waals surface area (Å²) in [5, 5.41) is 4.44. The zero-order valence-corrected chi connectivity index (χ0v) is 13.8. The SMILES string of the molecule is CC1NN=C2c3cc4c(cc3N(CCCN)C(=O)[C@@H]21)CC(=O)CC4. The molecular weight excluding hydrogens is 304 g/mol. The normalized spacial score (nSPS) is 24.9. The third kappa shape index (κ3) is 2.24. The van der Waals surface area contributed by atoms with E-state index in [0.29, 0.717) is 25.9 Å². The smallest absolute Gasteiger partial charge is 0.238 e. The highest BCUT2D eigenvalue weighted by atomic mass is 16.2. The van der Waals surface area contributed by atoms with Crippen LogP contribution in [0.3, 0.4) is 0 Å². The van der Waals surface area contributed by atoms with E-state index in [1.54, 1.807) is 0 Å². The van der Waals surface area contributed by atoms with Gasteiger partial charge in [-0.2, -0.15) is 5.10 Å². The second kappa shape index (κ2) is 5.70. The van der Waals surface area contributed by atoms with E-state index >= 15 is 0 Å². The summed E-state index contributed by atoms with van der Waals surface area (Å²) < 4.78 is 0. The minimum Gasteiger partial charge on any atom is -0.330 e. The molecule has 0 saturated carbocycles. The highest BCUT2D eigenvalue weighted by molar-refractivity contribution is 6.25. The van der Waals surface area contributed by atoms with E-state index in [4.69, 9.17) is 5.73 Å². The number of rotatable bonds is 3. The van der Waals surface area contributed by atoms with Gasteiger partial charge in [-0.1, -0.05) is 0 Å². The van der Waals surface area contributed by atoms with Gasteiger partial charge in [0.2, 0.25) is 5.91 Å². The number of nitrogens with one attached hydrogen (secondary N) is 1. The third-order valence-electron chi connectivity index (χ3n) is 5.25. The quantitative estimate of drug-likeness (QED) is 0.858. The molecule has 2 heterocycles. The Bertz CT molecular complexity index is 756. The molecular formula is C18H22N4O2. The number of amides is 1. The van der Waals surface area contributed by atoms with Gasteiger partial charge in [-0.25, -0.2) is 0 Å². The first kappa shape index (κ1) is 15.3. The van der Waals surface area contributed by atoms with Crippen LogP contribution in [-0.2, 0) is 22.4 Å². The van der Waals surface area contributed by atoms with Crippen molar-refractivity contribution in [3.05, 3.63) is 28.8 Å². The number of fused-ring (bicyclic) bond motifs is 4. The molecule has 2 aliphatic heterocycles. The zero-order chi connectivity index (χ0) is 16.8. The highest BCUT2D eigenvalue weighted by Gasteiger charge is 2.44. The lowest BCUT2D eigenvalue weighted by molar-refractivity contribution is -0.121. The molecule has 1 amide bonds. The van der Waals surface area contributed by atoms with E-state index < -0.39 is 0 Å². The van der Waals surface area contributed by atoms with Gasteiger partial charge in [0.05, 0.1) is 17.4 Å². The molecule has 3 N–H and O–H groups in total. The van der Waals surface area contributed by atoms with Crippen LogP contribution in [0.2, 0.25) is 0 Å². The lowest BCUT2D eigenvalue weighted by Gasteiger charge is -2.35. The number of hydrogen-bond donors (Lipinski definition) is 2. The van der Waals surface area contributed by atoms with Gasteiger partial charge in [0, 0.05) is 24.9 Å². The van der Waals surface area contributed by atoms with Crippen LogP contribution in [0.4, 0.5) is 5.69 Å². The summed E-state index contributed by atoms with van der Waals surface area (Å²) in [5.74, 6) is 0.109. The summed E-state index contributed by atoms with van der Waals surface area (Å²) in [6, 6.07) is 4.17. The van der Waals surface area contributed by atoms with Gasteiger partial charge in [-0.3, -0.25) is 9.59 Å². The second-order valence-electron chi connectivity index (χ2n) is 6.88. The number of aryl methyl sites for hydroxylation is 1. The molecule has 1 aliphatic carbocycles. The highest BCUT2D eigenvalue weighted by Crippen LogP contribution is 2.38. The van der Waals surface area contributed by atoms with Gasteiger partial charge < -0.3 is 16.1 Å². The fraction of sp³-hybridized carbons (Fsp3) is 0.500. The summed E-state index contributed by atoms with van der Waals surface area (Å²) in [6.07, 6.45) is 2.60. The van der Waals surface area contributed by atoms with Crippen molar-refractivity contribution < 1.29 is 9.59 Å². The summed E-state index contributed by atoms with van der Waals surface area (Å²) in [4.78, 5) is 26.7. The number of benzene rings is 1. The van der Waals surface area contributed by atoms with Gasteiger partial charge in [-0.05, 0) is 49.6 Å². The molecule has 0 saturated heterocycles. The maximum atomic E-state index is 13.0. The van der Waals surface area contributed by atoms with Crippen LogP contribution in [0.5, 0.6) is 0 Å². The Kier molecular flexibility index (Phi) is 3.64. The second-order valence-corrected chi connectivity index (χ2v) is 6.88. The molecule has 126 valence electrons. The summed E-state index contributed by atoms with van der Waals surface area (Å²) in [5.41, 5.74) is 13.7. The van der Waals surface area contributed by atoms with Crippen molar-refractivity contribution in [1.29, 1.82) is 0 Å². The number of hydrazone groups is 1. The van der Waals surface area contributed by atoms with Gasteiger partial charge >= 0.3 is 0 Å². The Hall–Kier alpha value is -2.21. The average molecular weight is 326 g/mol. The van der Waals surface area contributed by atoms with Crippen molar-refractivity contribution in [2.75, 3.05) is 18.0 Å². The Balaban J connectivity index is 1.84. The molecule has 6 nitrogen and oxygen atoms in total. The number of ketones is 1. The van der Waals surface area contributed by atoms with Crippen LogP contribution >= 0.6 is 0 Å². The standard InChI is InChI=1S/C18H22N4O2/c1-10-16-17(21-20-10)14-8-11-3-4-13(23)7-12(11)9-15(14)22(18(16)24)6-2-5-19/h8-10,16,20H,2-7,19H2,1H3/t10?,16-/m1/s1. The van der Waals surface area contributed by atoms with E-state index in [-0.39, 0.29) is 23.7 Å². The number of anilines is 1. The number of nitrogens with two attached hydrogens (primary N) is 1. The fourth-order valence-electron chi connectivity index (χ4n) is 3.95. The predicted molar refractivity (Wildman–Crippen MR) is 92.1 cm³/mol. The molecule has 1 aromatic carbocycles. The molecule has 0 fully saturated rings. The average Bonchev–Trinajstić information content (AvgIpc) is 2.95. The van der Waals surface area contributed by atoms with Crippen molar-refractivity contribution >= 4 is 23.1 Å². The maximum absolute atomic E-state index is 13.0. The molecule has 2 atom stereocenters. The summed E-state index contributed by atoms with van der Waals surface area (Å²) in [6.45, 7) is 3.13. The molecule has 3 aliphatic rings. The largest absolute Gasteiger partial charge is 0.330 e. The van der Waals surface area contributed by atoms with Gasteiger partial charge in [0.25, 0.3) is 0 Å². The number of nitrogens with zero attached hydrogens (tertiary/aromatic N) is 2. The van der Waals surface area contributed by atoms with Crippen molar-refractivity contribution in [2.24, 2.45) is 16.8 Å².